The Morgan fingerprint density at radius 2 is 1.93 bits per heavy atom. The quantitative estimate of drug-likeness (QED) is 0.562. The predicted octanol–water partition coefficient (Wildman–Crippen LogP) is 2.57. The summed E-state index contributed by atoms with van der Waals surface area (Å²) in [6.45, 7) is 6.36. The van der Waals surface area contributed by atoms with E-state index in [4.69, 9.17) is 23.7 Å². The van der Waals surface area contributed by atoms with Crippen LogP contribution in [0.2, 0.25) is 0 Å². The third-order valence-electron chi connectivity index (χ3n) is 6.08. The van der Waals surface area contributed by atoms with E-state index < -0.39 is 11.7 Å². The fraction of sp³-hybridized carbons (Fsp3) is 0.667. The fourth-order valence-corrected chi connectivity index (χ4v) is 4.91. The maximum Gasteiger partial charge on any atom is 0.188 e. The van der Waals surface area contributed by atoms with Gasteiger partial charge >= 0.3 is 0 Å². The van der Waals surface area contributed by atoms with Crippen molar-refractivity contribution >= 4 is 6.29 Å². The summed E-state index contributed by atoms with van der Waals surface area (Å²) in [5.41, 5.74) is 0.454. The minimum absolute atomic E-state index is 0.0549. The zero-order valence-corrected chi connectivity index (χ0v) is 17.2. The molecule has 7 heteroatoms. The van der Waals surface area contributed by atoms with Gasteiger partial charge in [-0.3, -0.25) is 4.79 Å². The van der Waals surface area contributed by atoms with Gasteiger partial charge in [-0.05, 0) is 31.0 Å². The lowest BCUT2D eigenvalue weighted by Crippen LogP contribution is -2.64. The minimum Gasteiger partial charge on any atom is -0.483 e. The number of hydrogen-bond donors (Lipinski definition) is 1. The second kappa shape index (κ2) is 7.99. The summed E-state index contributed by atoms with van der Waals surface area (Å²) in [5, 5.41) is 10.8. The van der Waals surface area contributed by atoms with E-state index in [9.17, 15) is 9.90 Å². The molecule has 0 aromatic heterocycles. The van der Waals surface area contributed by atoms with Crippen molar-refractivity contribution in [2.45, 2.75) is 51.4 Å². The summed E-state index contributed by atoms with van der Waals surface area (Å²) >= 11 is 0. The van der Waals surface area contributed by atoms with E-state index in [0.717, 1.165) is 11.8 Å². The van der Waals surface area contributed by atoms with E-state index in [0.29, 0.717) is 29.9 Å². The second-order valence-corrected chi connectivity index (χ2v) is 8.43. The van der Waals surface area contributed by atoms with Crippen molar-refractivity contribution in [1.29, 1.82) is 0 Å². The average Bonchev–Trinajstić information content (AvgIpc) is 2.64. The van der Waals surface area contributed by atoms with Gasteiger partial charge in [-0.25, -0.2) is 0 Å². The maximum atomic E-state index is 11.4. The lowest BCUT2D eigenvalue weighted by molar-refractivity contribution is -0.226. The molecule has 0 bridgehead atoms. The van der Waals surface area contributed by atoms with E-state index in [1.165, 1.54) is 7.11 Å². The van der Waals surface area contributed by atoms with E-state index in [2.05, 4.69) is 13.8 Å². The molecule has 3 rings (SSSR count). The highest BCUT2D eigenvalue weighted by Gasteiger charge is 2.59. The molecule has 2 aliphatic rings. The average molecular weight is 394 g/mol. The topological polar surface area (TPSA) is 83.5 Å². The van der Waals surface area contributed by atoms with E-state index >= 15 is 0 Å². The van der Waals surface area contributed by atoms with Gasteiger partial charge in [-0.2, -0.15) is 0 Å². The molecular weight excluding hydrogens is 364 g/mol. The lowest BCUT2D eigenvalue weighted by atomic mass is 9.56. The first-order valence-electron chi connectivity index (χ1n) is 9.48. The predicted molar refractivity (Wildman–Crippen MR) is 102 cm³/mol. The lowest BCUT2D eigenvalue weighted by Gasteiger charge is -2.57. The van der Waals surface area contributed by atoms with Crippen LogP contribution in [0.25, 0.3) is 0 Å². The zero-order valence-electron chi connectivity index (χ0n) is 17.2. The van der Waals surface area contributed by atoms with Crippen LogP contribution < -0.4 is 9.47 Å². The number of methoxy groups -OCH3 is 2. The minimum atomic E-state index is -0.689. The van der Waals surface area contributed by atoms with Crippen LogP contribution in [0.4, 0.5) is 0 Å². The number of benzene rings is 1. The number of aliphatic hydroxyl groups is 1. The van der Waals surface area contributed by atoms with Crippen molar-refractivity contribution < 1.29 is 33.6 Å². The Bertz CT molecular complexity index is 717. The highest BCUT2D eigenvalue weighted by Crippen LogP contribution is 2.55. The van der Waals surface area contributed by atoms with Crippen molar-refractivity contribution in [2.24, 2.45) is 11.3 Å². The monoisotopic (exact) mass is 394 g/mol. The van der Waals surface area contributed by atoms with Gasteiger partial charge in [0.25, 0.3) is 0 Å². The zero-order chi connectivity index (χ0) is 20.5. The Balaban J connectivity index is 2.01. The van der Waals surface area contributed by atoms with Gasteiger partial charge in [0.2, 0.25) is 0 Å². The summed E-state index contributed by atoms with van der Waals surface area (Å²) in [4.78, 5) is 11.4. The van der Waals surface area contributed by atoms with Gasteiger partial charge in [0.1, 0.15) is 18.7 Å². The molecule has 156 valence electrons. The van der Waals surface area contributed by atoms with Crippen LogP contribution in [0, 0.1) is 11.3 Å². The summed E-state index contributed by atoms with van der Waals surface area (Å²) in [7, 11) is 3.10. The van der Waals surface area contributed by atoms with Gasteiger partial charge < -0.3 is 28.8 Å². The number of ether oxygens (including phenoxy) is 5. The number of carbonyl (C=O) groups excluding carboxylic acids is 1. The number of aldehydes is 1. The van der Waals surface area contributed by atoms with Crippen LogP contribution in [-0.2, 0) is 20.6 Å². The summed E-state index contributed by atoms with van der Waals surface area (Å²) < 4.78 is 28.0. The van der Waals surface area contributed by atoms with Crippen molar-refractivity contribution in [3.8, 4) is 11.5 Å². The van der Waals surface area contributed by atoms with Gasteiger partial charge in [0.15, 0.2) is 18.3 Å². The molecule has 1 saturated carbocycles. The maximum absolute atomic E-state index is 11.4. The highest BCUT2D eigenvalue weighted by molar-refractivity contribution is 5.77. The van der Waals surface area contributed by atoms with Crippen LogP contribution >= 0.6 is 0 Å². The third kappa shape index (κ3) is 3.64. The summed E-state index contributed by atoms with van der Waals surface area (Å²) in [6, 6.07) is 3.50. The molecule has 0 amide bonds. The van der Waals surface area contributed by atoms with E-state index in [1.54, 1.807) is 13.2 Å². The second-order valence-electron chi connectivity index (χ2n) is 8.43. The first-order chi connectivity index (χ1) is 13.3. The summed E-state index contributed by atoms with van der Waals surface area (Å²) in [5.74, 6) is 1.15. The smallest absolute Gasteiger partial charge is 0.188 e. The Morgan fingerprint density at radius 3 is 2.57 bits per heavy atom. The molecule has 4 atom stereocenters. The number of aliphatic hydroxyl groups excluding tert-OH is 1. The SMILES string of the molecule is COCOc1cc(C=O)cc2c1O[C@]1(C)C[C@@H](O)[C@@H](OCOC)C(C)(C)[C@H]1C2. The van der Waals surface area contributed by atoms with Crippen molar-refractivity contribution in [1.82, 2.24) is 0 Å². The first kappa shape index (κ1) is 21.0. The number of fused-ring (bicyclic) bond motifs is 2. The Kier molecular flexibility index (Phi) is 6.00. The molecule has 1 aromatic carbocycles. The number of hydrogen-bond acceptors (Lipinski definition) is 7. The molecule has 0 unspecified atom stereocenters. The van der Waals surface area contributed by atoms with Gasteiger partial charge in [-0.15, -0.1) is 0 Å². The molecule has 0 radical (unpaired) electrons. The Hall–Kier alpha value is -1.67. The molecule has 0 spiro atoms. The third-order valence-corrected chi connectivity index (χ3v) is 6.08. The molecule has 0 saturated heterocycles. The molecule has 1 N–H and O–H groups in total. The largest absolute Gasteiger partial charge is 0.483 e. The number of rotatable bonds is 7. The van der Waals surface area contributed by atoms with Crippen molar-refractivity contribution in [2.75, 3.05) is 27.8 Å². The Labute approximate surface area is 165 Å². The van der Waals surface area contributed by atoms with Crippen LogP contribution in [0.15, 0.2) is 12.1 Å². The normalized spacial score (nSPS) is 30.7. The molecule has 28 heavy (non-hydrogen) atoms. The molecule has 7 nitrogen and oxygen atoms in total. The van der Waals surface area contributed by atoms with Crippen LogP contribution in [0.3, 0.4) is 0 Å². The van der Waals surface area contributed by atoms with Gasteiger partial charge in [0, 0.05) is 37.5 Å². The van der Waals surface area contributed by atoms with E-state index in [-0.39, 0.29) is 31.0 Å². The molecule has 1 aliphatic heterocycles. The molecule has 1 heterocycles. The molecular formula is C21H30O7. The van der Waals surface area contributed by atoms with Crippen molar-refractivity contribution in [3.63, 3.8) is 0 Å². The van der Waals surface area contributed by atoms with Crippen LogP contribution in [0.5, 0.6) is 11.5 Å². The molecule has 1 aliphatic carbocycles. The van der Waals surface area contributed by atoms with Crippen LogP contribution in [0.1, 0.15) is 43.1 Å². The van der Waals surface area contributed by atoms with Gasteiger partial charge in [-0.1, -0.05) is 13.8 Å². The molecule has 1 fully saturated rings. The van der Waals surface area contributed by atoms with E-state index in [1.807, 2.05) is 13.0 Å². The highest BCUT2D eigenvalue weighted by atomic mass is 16.7. The Morgan fingerprint density at radius 1 is 1.21 bits per heavy atom. The van der Waals surface area contributed by atoms with Crippen LogP contribution in [-0.4, -0.2) is 57.0 Å². The van der Waals surface area contributed by atoms with Gasteiger partial charge in [0.05, 0.1) is 12.2 Å². The number of carbonyl (C=O) groups is 1. The fourth-order valence-electron chi connectivity index (χ4n) is 4.91. The van der Waals surface area contributed by atoms with Crippen molar-refractivity contribution in [3.05, 3.63) is 23.3 Å². The first-order valence-corrected chi connectivity index (χ1v) is 9.48. The standard InChI is InChI=1S/C21H30O7/c1-20(2)17-8-14-6-13(10-22)7-16(26-11-24-4)18(14)28-21(17,3)9-15(23)19(20)27-12-25-5/h6-7,10,15,17,19,23H,8-9,11-12H2,1-5H3/t15-,17-,19-,21-/m1/s1. The molecule has 1 aromatic rings. The summed E-state index contributed by atoms with van der Waals surface area (Å²) in [6.07, 6.45) is 0.838.